The zero-order valence-corrected chi connectivity index (χ0v) is 22.1. The number of aryl methyl sites for hydroxylation is 2. The highest BCUT2D eigenvalue weighted by Gasteiger charge is 2.20. The van der Waals surface area contributed by atoms with Crippen LogP contribution in [0.15, 0.2) is 78.9 Å². The Morgan fingerprint density at radius 2 is 1.82 bits per heavy atom. The highest BCUT2D eigenvalue weighted by atomic mass is 19.1. The molecule has 0 bridgehead atoms. The number of nitrogens with zero attached hydrogens (tertiary/aromatic N) is 2. The number of hydrogen-bond donors (Lipinski definition) is 1. The first-order valence-corrected chi connectivity index (χ1v) is 13.2. The summed E-state index contributed by atoms with van der Waals surface area (Å²) >= 11 is 0. The molecule has 3 aromatic rings. The lowest BCUT2D eigenvalue weighted by atomic mass is 9.87. The smallest absolute Gasteiger partial charge is 0.245 e. The number of halogens is 1. The molecule has 194 valence electrons. The molecule has 1 aliphatic rings. The Balaban J connectivity index is 1.52. The van der Waals surface area contributed by atoms with Crippen molar-refractivity contribution in [2.75, 3.05) is 27.2 Å². The van der Waals surface area contributed by atoms with E-state index < -0.39 is 5.82 Å². The van der Waals surface area contributed by atoms with Crippen molar-refractivity contribution in [1.29, 1.82) is 5.26 Å². The molecule has 3 aromatic carbocycles. The van der Waals surface area contributed by atoms with Crippen molar-refractivity contribution in [2.45, 2.75) is 32.1 Å². The molecule has 0 aromatic heterocycles. The maximum Gasteiger partial charge on any atom is 0.245 e. The molecule has 38 heavy (non-hydrogen) atoms. The number of nitrogens with one attached hydrogen (secondary N) is 1. The lowest BCUT2D eigenvalue weighted by Gasteiger charge is -2.17. The Kier molecular flexibility index (Phi) is 9.24. The average Bonchev–Trinajstić information content (AvgIpc) is 3.12. The third-order valence-corrected chi connectivity index (χ3v) is 6.92. The van der Waals surface area contributed by atoms with Gasteiger partial charge in [0.1, 0.15) is 11.9 Å². The number of hydrogen-bond acceptors (Lipinski definition) is 3. The van der Waals surface area contributed by atoms with Gasteiger partial charge in [-0.3, -0.25) is 4.79 Å². The summed E-state index contributed by atoms with van der Waals surface area (Å²) < 4.78 is 14.6. The van der Waals surface area contributed by atoms with E-state index in [1.807, 2.05) is 18.2 Å². The van der Waals surface area contributed by atoms with Gasteiger partial charge >= 0.3 is 0 Å². The van der Waals surface area contributed by atoms with Crippen LogP contribution in [0.3, 0.4) is 0 Å². The molecule has 0 radical (unpaired) electrons. The third kappa shape index (κ3) is 6.65. The quantitative estimate of drug-likeness (QED) is 0.279. The summed E-state index contributed by atoms with van der Waals surface area (Å²) in [7, 11) is 3.48. The molecule has 4 nitrogen and oxygen atoms in total. The molecule has 0 aliphatic heterocycles. The minimum Gasteiger partial charge on any atom is -0.345 e. The summed E-state index contributed by atoms with van der Waals surface area (Å²) in [6.45, 7) is 1.54. The summed E-state index contributed by atoms with van der Waals surface area (Å²) in [4.78, 5) is 13.1. The van der Waals surface area contributed by atoms with E-state index in [1.54, 1.807) is 31.1 Å². The van der Waals surface area contributed by atoms with E-state index in [2.05, 4.69) is 53.8 Å². The van der Waals surface area contributed by atoms with E-state index >= 15 is 0 Å². The second-order valence-corrected chi connectivity index (χ2v) is 9.81. The van der Waals surface area contributed by atoms with Crippen molar-refractivity contribution in [2.24, 2.45) is 0 Å². The number of rotatable bonds is 9. The Labute approximate surface area is 225 Å². The topological polar surface area (TPSA) is 56.1 Å². The molecule has 0 spiro atoms. The Morgan fingerprint density at radius 3 is 2.55 bits per heavy atom. The predicted octanol–water partition coefficient (Wildman–Crippen LogP) is 6.16. The number of nitriles is 1. The second kappa shape index (κ2) is 13.0. The number of carbonyl (C=O) groups is 1. The van der Waals surface area contributed by atoms with Crippen LogP contribution in [0.5, 0.6) is 0 Å². The molecule has 1 amide bonds. The van der Waals surface area contributed by atoms with E-state index in [4.69, 9.17) is 0 Å². The Hall–Kier alpha value is -4.01. The molecule has 0 unspecified atom stereocenters. The molecule has 0 fully saturated rings. The molecular weight excluding hydrogens is 473 g/mol. The third-order valence-electron chi connectivity index (χ3n) is 6.92. The SMILES string of the molecule is CN(C)C(=O)/C=C/CNCCCc1ccc(C2=C(c3ccc(C#N)c(F)c3)CCCc3ccccc32)cc1. The van der Waals surface area contributed by atoms with Crippen LogP contribution in [0.2, 0.25) is 0 Å². The van der Waals surface area contributed by atoms with Crippen molar-refractivity contribution < 1.29 is 9.18 Å². The lowest BCUT2D eigenvalue weighted by molar-refractivity contribution is -0.123. The average molecular weight is 508 g/mol. The summed E-state index contributed by atoms with van der Waals surface area (Å²) in [5.41, 5.74) is 8.07. The summed E-state index contributed by atoms with van der Waals surface area (Å²) in [6, 6.07) is 24.1. The lowest BCUT2D eigenvalue weighted by Crippen LogP contribution is -2.20. The van der Waals surface area contributed by atoms with Crippen molar-refractivity contribution in [1.82, 2.24) is 10.2 Å². The summed E-state index contributed by atoms with van der Waals surface area (Å²) in [6.07, 6.45) is 8.20. The number of benzene rings is 3. The molecule has 0 atom stereocenters. The van der Waals surface area contributed by atoms with Gasteiger partial charge in [-0.2, -0.15) is 5.26 Å². The molecule has 0 saturated heterocycles. The monoisotopic (exact) mass is 507 g/mol. The van der Waals surface area contributed by atoms with Gasteiger partial charge in [0.05, 0.1) is 5.56 Å². The zero-order chi connectivity index (χ0) is 26.9. The van der Waals surface area contributed by atoms with Gasteiger partial charge in [0, 0.05) is 26.7 Å². The fraction of sp³-hybridized carbons (Fsp3) is 0.273. The fourth-order valence-electron chi connectivity index (χ4n) is 4.89. The fourth-order valence-corrected chi connectivity index (χ4v) is 4.89. The van der Waals surface area contributed by atoms with Crippen molar-refractivity contribution >= 4 is 17.1 Å². The summed E-state index contributed by atoms with van der Waals surface area (Å²) in [5.74, 6) is -0.482. The first kappa shape index (κ1) is 27.0. The number of carbonyl (C=O) groups excluding carboxylic acids is 1. The van der Waals surface area contributed by atoms with E-state index in [9.17, 15) is 14.4 Å². The van der Waals surface area contributed by atoms with Crippen LogP contribution in [-0.2, 0) is 17.6 Å². The summed E-state index contributed by atoms with van der Waals surface area (Å²) in [5, 5.41) is 12.5. The van der Waals surface area contributed by atoms with Crippen LogP contribution in [0.1, 0.15) is 52.6 Å². The molecule has 1 N–H and O–H groups in total. The van der Waals surface area contributed by atoms with Crippen molar-refractivity contribution in [3.8, 4) is 6.07 Å². The van der Waals surface area contributed by atoms with Gasteiger partial charge in [0.15, 0.2) is 0 Å². The number of amides is 1. The standard InChI is InChI=1S/C33H34FN3O/c1-37(2)32(38)13-7-21-36-20-6-8-24-14-16-26(17-15-24)33-29-11-4-3-9-25(29)10-5-12-30(33)27-18-19-28(23-35)31(34)22-27/h3-4,7,9,11,13-19,22,36H,5-6,8,10,12,20-21H2,1-2H3/b13-7+. The highest BCUT2D eigenvalue weighted by molar-refractivity contribution is 5.99. The Bertz CT molecular complexity index is 1380. The van der Waals surface area contributed by atoms with Gasteiger partial charge in [-0.25, -0.2) is 4.39 Å². The minimum absolute atomic E-state index is 0.00855. The molecule has 5 heteroatoms. The van der Waals surface area contributed by atoms with Gasteiger partial charge in [0.25, 0.3) is 0 Å². The minimum atomic E-state index is -0.474. The van der Waals surface area contributed by atoms with Crippen molar-refractivity contribution in [3.05, 3.63) is 118 Å². The van der Waals surface area contributed by atoms with Crippen LogP contribution >= 0.6 is 0 Å². The van der Waals surface area contributed by atoms with Gasteiger partial charge in [-0.1, -0.05) is 60.7 Å². The number of fused-ring (bicyclic) bond motifs is 1. The molecule has 4 rings (SSSR count). The first-order chi connectivity index (χ1) is 18.5. The van der Waals surface area contributed by atoms with E-state index in [1.165, 1.54) is 22.8 Å². The van der Waals surface area contributed by atoms with Crippen LogP contribution in [0.4, 0.5) is 4.39 Å². The molecule has 0 heterocycles. The maximum absolute atomic E-state index is 14.6. The van der Waals surface area contributed by atoms with E-state index in [-0.39, 0.29) is 11.5 Å². The van der Waals surface area contributed by atoms with Gasteiger partial charge in [0.2, 0.25) is 5.91 Å². The van der Waals surface area contributed by atoms with Crippen LogP contribution in [0.25, 0.3) is 11.1 Å². The van der Waals surface area contributed by atoms with E-state index in [0.29, 0.717) is 6.54 Å². The largest absolute Gasteiger partial charge is 0.345 e. The molecule has 0 saturated carbocycles. The predicted molar refractivity (Wildman–Crippen MR) is 152 cm³/mol. The van der Waals surface area contributed by atoms with Gasteiger partial charge in [-0.15, -0.1) is 0 Å². The first-order valence-electron chi connectivity index (χ1n) is 13.2. The highest BCUT2D eigenvalue weighted by Crippen LogP contribution is 2.40. The van der Waals surface area contributed by atoms with Crippen LogP contribution < -0.4 is 5.32 Å². The molecular formula is C33H34FN3O. The van der Waals surface area contributed by atoms with Gasteiger partial charge < -0.3 is 10.2 Å². The van der Waals surface area contributed by atoms with Crippen LogP contribution in [-0.4, -0.2) is 38.0 Å². The number of allylic oxidation sites excluding steroid dienone is 1. The normalized spacial score (nSPS) is 13.2. The van der Waals surface area contributed by atoms with Crippen molar-refractivity contribution in [3.63, 3.8) is 0 Å². The maximum atomic E-state index is 14.6. The van der Waals surface area contributed by atoms with Crippen LogP contribution in [0, 0.1) is 17.1 Å². The second-order valence-electron chi connectivity index (χ2n) is 9.81. The zero-order valence-electron chi connectivity index (χ0n) is 22.1. The molecule has 1 aliphatic carbocycles. The Morgan fingerprint density at radius 1 is 1.05 bits per heavy atom. The van der Waals surface area contributed by atoms with Gasteiger partial charge in [-0.05, 0) is 89.7 Å². The van der Waals surface area contributed by atoms with E-state index in [0.717, 1.165) is 60.9 Å². The number of likely N-dealkylation sites (N-methyl/N-ethyl adjacent to an activating group) is 1.